The SMILES string of the molecule is OCc1n(N=Cc2ccccc2)cc[n+]1N=Cc1ccccc1. The maximum atomic E-state index is 9.59. The molecule has 1 N–H and O–H groups in total. The first-order valence-electron chi connectivity index (χ1n) is 7.28. The van der Waals surface area contributed by atoms with Crippen molar-refractivity contribution in [3.8, 4) is 0 Å². The van der Waals surface area contributed by atoms with Crippen molar-refractivity contribution >= 4 is 12.4 Å². The molecule has 23 heavy (non-hydrogen) atoms. The highest BCUT2D eigenvalue weighted by atomic mass is 16.3. The summed E-state index contributed by atoms with van der Waals surface area (Å²) in [6, 6.07) is 19.6. The summed E-state index contributed by atoms with van der Waals surface area (Å²) >= 11 is 0. The fraction of sp³-hybridized carbons (Fsp3) is 0.0556. The number of hydrogen-bond donors (Lipinski definition) is 1. The predicted molar refractivity (Wildman–Crippen MR) is 89.4 cm³/mol. The van der Waals surface area contributed by atoms with Gasteiger partial charge in [0.1, 0.15) is 6.61 Å². The van der Waals surface area contributed by atoms with Crippen molar-refractivity contribution < 1.29 is 9.78 Å². The quantitative estimate of drug-likeness (QED) is 0.569. The number of rotatable bonds is 5. The van der Waals surface area contributed by atoms with Gasteiger partial charge in [0.15, 0.2) is 12.4 Å². The number of nitrogens with zero attached hydrogens (tertiary/aromatic N) is 4. The molecule has 0 aliphatic heterocycles. The van der Waals surface area contributed by atoms with Crippen molar-refractivity contribution in [2.75, 3.05) is 0 Å². The second-order valence-electron chi connectivity index (χ2n) is 4.87. The third-order valence-electron chi connectivity index (χ3n) is 3.28. The summed E-state index contributed by atoms with van der Waals surface area (Å²) in [6.45, 7) is -0.161. The fourth-order valence-electron chi connectivity index (χ4n) is 2.09. The van der Waals surface area contributed by atoms with Crippen molar-refractivity contribution in [3.05, 3.63) is 90.0 Å². The third kappa shape index (κ3) is 3.78. The van der Waals surface area contributed by atoms with Crippen molar-refractivity contribution in [3.63, 3.8) is 0 Å². The molecule has 0 saturated heterocycles. The first-order valence-corrected chi connectivity index (χ1v) is 7.28. The van der Waals surface area contributed by atoms with E-state index in [0.29, 0.717) is 5.82 Å². The number of aliphatic hydroxyl groups excluding tert-OH is 1. The van der Waals surface area contributed by atoms with Crippen LogP contribution in [0, 0.1) is 0 Å². The van der Waals surface area contributed by atoms with Crippen LogP contribution in [-0.2, 0) is 6.61 Å². The van der Waals surface area contributed by atoms with Gasteiger partial charge in [-0.3, -0.25) is 0 Å². The molecule has 2 aromatic carbocycles. The molecule has 1 heterocycles. The van der Waals surface area contributed by atoms with Gasteiger partial charge in [0.05, 0.1) is 12.4 Å². The zero-order valence-electron chi connectivity index (χ0n) is 12.5. The molecule has 5 nitrogen and oxygen atoms in total. The lowest BCUT2D eigenvalue weighted by Crippen LogP contribution is -2.31. The Bertz CT molecular complexity index is 741. The molecule has 114 valence electrons. The second-order valence-corrected chi connectivity index (χ2v) is 4.87. The Morgan fingerprint density at radius 2 is 1.52 bits per heavy atom. The molecule has 0 spiro atoms. The highest BCUT2D eigenvalue weighted by Crippen LogP contribution is 1.99. The van der Waals surface area contributed by atoms with E-state index in [-0.39, 0.29) is 6.61 Å². The van der Waals surface area contributed by atoms with Crippen molar-refractivity contribution in [2.24, 2.45) is 10.2 Å². The minimum Gasteiger partial charge on any atom is -0.383 e. The number of aliphatic hydroxyl groups is 1. The van der Waals surface area contributed by atoms with E-state index in [9.17, 15) is 5.11 Å². The van der Waals surface area contributed by atoms with E-state index >= 15 is 0 Å². The topological polar surface area (TPSA) is 53.8 Å². The summed E-state index contributed by atoms with van der Waals surface area (Å²) in [5.41, 5.74) is 1.98. The largest absolute Gasteiger partial charge is 0.383 e. The van der Waals surface area contributed by atoms with E-state index in [1.165, 1.54) is 0 Å². The lowest BCUT2D eigenvalue weighted by molar-refractivity contribution is -0.687. The Morgan fingerprint density at radius 1 is 0.913 bits per heavy atom. The smallest absolute Gasteiger partial charge is 0.333 e. The van der Waals surface area contributed by atoms with Gasteiger partial charge in [0.25, 0.3) is 0 Å². The van der Waals surface area contributed by atoms with E-state index in [4.69, 9.17) is 0 Å². The van der Waals surface area contributed by atoms with Gasteiger partial charge in [-0.2, -0.15) is 0 Å². The lowest BCUT2D eigenvalue weighted by Gasteiger charge is -1.94. The molecule has 3 rings (SSSR count). The summed E-state index contributed by atoms with van der Waals surface area (Å²) in [6.07, 6.45) is 7.00. The molecule has 0 fully saturated rings. The van der Waals surface area contributed by atoms with Crippen LogP contribution in [0.25, 0.3) is 0 Å². The maximum absolute atomic E-state index is 9.59. The zero-order chi connectivity index (χ0) is 15.9. The number of benzene rings is 2. The van der Waals surface area contributed by atoms with Gasteiger partial charge in [-0.25, -0.2) is 0 Å². The zero-order valence-corrected chi connectivity index (χ0v) is 12.5. The van der Waals surface area contributed by atoms with Crippen LogP contribution in [0.3, 0.4) is 0 Å². The summed E-state index contributed by atoms with van der Waals surface area (Å²) in [5, 5.41) is 18.3. The maximum Gasteiger partial charge on any atom is 0.333 e. The van der Waals surface area contributed by atoms with Gasteiger partial charge < -0.3 is 5.11 Å². The minimum absolute atomic E-state index is 0.161. The molecule has 5 heteroatoms. The second kappa shape index (κ2) is 7.29. The predicted octanol–water partition coefficient (Wildman–Crippen LogP) is 2.03. The number of hydrogen-bond acceptors (Lipinski definition) is 3. The van der Waals surface area contributed by atoms with Crippen LogP contribution in [0.4, 0.5) is 0 Å². The molecule has 3 aromatic rings. The first kappa shape index (κ1) is 14.9. The third-order valence-corrected chi connectivity index (χ3v) is 3.28. The van der Waals surface area contributed by atoms with Crippen LogP contribution in [-0.4, -0.2) is 22.2 Å². The molecular weight excluding hydrogens is 288 g/mol. The van der Waals surface area contributed by atoms with Gasteiger partial charge >= 0.3 is 5.82 Å². The molecule has 0 bridgehead atoms. The van der Waals surface area contributed by atoms with E-state index in [1.54, 1.807) is 34.2 Å². The molecule has 0 atom stereocenters. The van der Waals surface area contributed by atoms with Crippen LogP contribution >= 0.6 is 0 Å². The van der Waals surface area contributed by atoms with Crippen molar-refractivity contribution in [1.29, 1.82) is 0 Å². The van der Waals surface area contributed by atoms with E-state index in [1.807, 2.05) is 60.7 Å². The lowest BCUT2D eigenvalue weighted by atomic mass is 10.2. The van der Waals surface area contributed by atoms with E-state index in [2.05, 4.69) is 10.2 Å². The monoisotopic (exact) mass is 305 g/mol. The molecule has 0 aliphatic carbocycles. The van der Waals surface area contributed by atoms with Gasteiger partial charge in [-0.05, 0) is 11.1 Å². The molecular formula is C18H17N4O+. The highest BCUT2D eigenvalue weighted by Gasteiger charge is 2.15. The average molecular weight is 305 g/mol. The van der Waals surface area contributed by atoms with E-state index in [0.717, 1.165) is 11.1 Å². The number of imidazole rings is 1. The molecule has 0 aliphatic rings. The van der Waals surface area contributed by atoms with Crippen molar-refractivity contribution in [1.82, 2.24) is 4.68 Å². The van der Waals surface area contributed by atoms with Gasteiger partial charge in [0.2, 0.25) is 0 Å². The van der Waals surface area contributed by atoms with Gasteiger partial charge in [-0.1, -0.05) is 70.9 Å². The summed E-state index contributed by atoms with van der Waals surface area (Å²) in [7, 11) is 0. The summed E-state index contributed by atoms with van der Waals surface area (Å²) in [5.74, 6) is 0.573. The highest BCUT2D eigenvalue weighted by molar-refractivity contribution is 5.79. The standard InChI is InChI=1S/C18H17N4O/c23-15-18-21(19-13-16-7-3-1-4-8-16)11-12-22(18)20-14-17-9-5-2-6-10-17/h1-14,23H,15H2/q+1. The summed E-state index contributed by atoms with van der Waals surface area (Å²) < 4.78 is 3.21. The Kier molecular flexibility index (Phi) is 4.71. The molecule has 0 amide bonds. The van der Waals surface area contributed by atoms with Crippen LogP contribution in [0.5, 0.6) is 0 Å². The molecule has 1 aromatic heterocycles. The summed E-state index contributed by atoms with van der Waals surface area (Å²) in [4.78, 5) is 0. The Balaban J connectivity index is 1.82. The van der Waals surface area contributed by atoms with Crippen LogP contribution in [0.2, 0.25) is 0 Å². The Hall–Kier alpha value is -3.05. The first-order chi connectivity index (χ1) is 11.4. The van der Waals surface area contributed by atoms with Crippen LogP contribution in [0.15, 0.2) is 83.3 Å². The van der Waals surface area contributed by atoms with Crippen molar-refractivity contribution in [2.45, 2.75) is 6.61 Å². The molecule has 0 saturated carbocycles. The average Bonchev–Trinajstić information content (AvgIpc) is 3.02. The van der Waals surface area contributed by atoms with E-state index < -0.39 is 0 Å². The number of aromatic nitrogens is 2. The Morgan fingerprint density at radius 3 is 2.13 bits per heavy atom. The minimum atomic E-state index is -0.161. The fourth-order valence-corrected chi connectivity index (χ4v) is 2.09. The van der Waals surface area contributed by atoms with Crippen LogP contribution in [0.1, 0.15) is 17.0 Å². The van der Waals surface area contributed by atoms with Gasteiger partial charge in [-0.15, -0.1) is 9.35 Å². The normalized spacial score (nSPS) is 11.5. The molecule has 0 radical (unpaired) electrons. The Labute approximate surface area is 134 Å². The van der Waals surface area contributed by atoms with Crippen LogP contribution < -0.4 is 4.68 Å². The molecule has 0 unspecified atom stereocenters. The van der Waals surface area contributed by atoms with Gasteiger partial charge in [0, 0.05) is 0 Å².